The monoisotopic (exact) mass is 232 g/mol. The Kier molecular flexibility index (Phi) is 3.72. The molecule has 0 aliphatic heterocycles. The summed E-state index contributed by atoms with van der Waals surface area (Å²) in [5.74, 6) is 0. The van der Waals surface area contributed by atoms with Gasteiger partial charge in [0.15, 0.2) is 0 Å². The second-order valence-electron chi connectivity index (χ2n) is 5.20. The van der Waals surface area contributed by atoms with Gasteiger partial charge in [-0.15, -0.1) is 0 Å². The van der Waals surface area contributed by atoms with Crippen molar-refractivity contribution < 1.29 is 0 Å². The molecule has 1 aliphatic carbocycles. The molecule has 17 heavy (non-hydrogen) atoms. The molecule has 0 amide bonds. The highest BCUT2D eigenvalue weighted by Gasteiger charge is 2.37. The van der Waals surface area contributed by atoms with Gasteiger partial charge in [0.25, 0.3) is 0 Å². The SMILES string of the molecule is CCN(CC)c1cccc(CCC2(N)CC2)c1. The summed E-state index contributed by atoms with van der Waals surface area (Å²) < 4.78 is 0. The Labute approximate surface area is 105 Å². The predicted molar refractivity (Wildman–Crippen MR) is 74.5 cm³/mol. The number of hydrogen-bond donors (Lipinski definition) is 1. The third kappa shape index (κ3) is 3.22. The molecule has 2 heteroatoms. The van der Waals surface area contributed by atoms with Crippen molar-refractivity contribution in [2.45, 2.75) is 45.1 Å². The minimum Gasteiger partial charge on any atom is -0.372 e. The lowest BCUT2D eigenvalue weighted by Crippen LogP contribution is -2.23. The van der Waals surface area contributed by atoms with Gasteiger partial charge in [0.2, 0.25) is 0 Å². The Bertz CT molecular complexity index is 365. The van der Waals surface area contributed by atoms with Crippen LogP contribution in [0.2, 0.25) is 0 Å². The molecule has 2 N–H and O–H groups in total. The van der Waals surface area contributed by atoms with E-state index in [4.69, 9.17) is 5.73 Å². The van der Waals surface area contributed by atoms with Crippen LogP contribution in [0.15, 0.2) is 24.3 Å². The van der Waals surface area contributed by atoms with Crippen molar-refractivity contribution in [3.05, 3.63) is 29.8 Å². The van der Waals surface area contributed by atoms with Crippen molar-refractivity contribution in [3.8, 4) is 0 Å². The lowest BCUT2D eigenvalue weighted by atomic mass is 10.0. The molecule has 0 bridgehead atoms. The molecule has 1 aromatic rings. The average molecular weight is 232 g/mol. The van der Waals surface area contributed by atoms with Crippen molar-refractivity contribution >= 4 is 5.69 Å². The molecule has 0 atom stereocenters. The first-order valence-electron chi connectivity index (χ1n) is 6.79. The predicted octanol–water partition coefficient (Wildman–Crippen LogP) is 2.96. The van der Waals surface area contributed by atoms with Crippen molar-refractivity contribution in [1.29, 1.82) is 0 Å². The number of hydrogen-bond acceptors (Lipinski definition) is 2. The van der Waals surface area contributed by atoms with Crippen LogP contribution in [0.4, 0.5) is 5.69 Å². The molecule has 1 aromatic carbocycles. The van der Waals surface area contributed by atoms with E-state index < -0.39 is 0 Å². The fourth-order valence-electron chi connectivity index (χ4n) is 2.30. The first-order valence-corrected chi connectivity index (χ1v) is 6.79. The Morgan fingerprint density at radius 2 is 1.94 bits per heavy atom. The quantitative estimate of drug-likeness (QED) is 0.817. The van der Waals surface area contributed by atoms with Crippen LogP contribution in [0.3, 0.4) is 0 Å². The van der Waals surface area contributed by atoms with E-state index in [9.17, 15) is 0 Å². The van der Waals surface area contributed by atoms with E-state index in [2.05, 4.69) is 43.0 Å². The summed E-state index contributed by atoms with van der Waals surface area (Å²) in [5, 5.41) is 0. The van der Waals surface area contributed by atoms with E-state index in [1.807, 2.05) is 0 Å². The molecule has 0 radical (unpaired) electrons. The van der Waals surface area contributed by atoms with E-state index in [-0.39, 0.29) is 5.54 Å². The minimum absolute atomic E-state index is 0.172. The average Bonchev–Trinajstić information content (AvgIpc) is 3.08. The molecule has 1 aliphatic rings. The van der Waals surface area contributed by atoms with Crippen LogP contribution in [-0.4, -0.2) is 18.6 Å². The molecule has 2 rings (SSSR count). The highest BCUT2D eigenvalue weighted by atomic mass is 15.1. The smallest absolute Gasteiger partial charge is 0.0368 e. The summed E-state index contributed by atoms with van der Waals surface area (Å²) in [6.07, 6.45) is 4.67. The summed E-state index contributed by atoms with van der Waals surface area (Å²) in [6, 6.07) is 8.91. The van der Waals surface area contributed by atoms with Crippen molar-refractivity contribution in [2.75, 3.05) is 18.0 Å². The number of rotatable bonds is 6. The number of anilines is 1. The van der Waals surface area contributed by atoms with Crippen LogP contribution in [0, 0.1) is 0 Å². The Morgan fingerprint density at radius 3 is 2.53 bits per heavy atom. The summed E-state index contributed by atoms with van der Waals surface area (Å²) >= 11 is 0. The maximum Gasteiger partial charge on any atom is 0.0368 e. The first kappa shape index (κ1) is 12.4. The largest absolute Gasteiger partial charge is 0.372 e. The third-order valence-electron chi connectivity index (χ3n) is 3.84. The molecule has 0 aromatic heterocycles. The zero-order valence-corrected chi connectivity index (χ0v) is 11.1. The van der Waals surface area contributed by atoms with Gasteiger partial charge in [-0.2, -0.15) is 0 Å². The lowest BCUT2D eigenvalue weighted by molar-refractivity contribution is 0.609. The van der Waals surface area contributed by atoms with Crippen LogP contribution in [-0.2, 0) is 6.42 Å². The summed E-state index contributed by atoms with van der Waals surface area (Å²) in [7, 11) is 0. The van der Waals surface area contributed by atoms with Crippen LogP contribution in [0.1, 0.15) is 38.7 Å². The van der Waals surface area contributed by atoms with Gasteiger partial charge in [0.1, 0.15) is 0 Å². The third-order valence-corrected chi connectivity index (χ3v) is 3.84. The second kappa shape index (κ2) is 5.09. The number of nitrogens with two attached hydrogens (primary N) is 1. The van der Waals surface area contributed by atoms with Gasteiger partial charge in [0.05, 0.1) is 0 Å². The molecule has 0 unspecified atom stereocenters. The van der Waals surface area contributed by atoms with Gasteiger partial charge in [0, 0.05) is 24.3 Å². The minimum atomic E-state index is 0.172. The second-order valence-corrected chi connectivity index (χ2v) is 5.20. The molecular formula is C15H24N2. The maximum absolute atomic E-state index is 6.13. The molecule has 2 nitrogen and oxygen atoms in total. The maximum atomic E-state index is 6.13. The van der Waals surface area contributed by atoms with Gasteiger partial charge in [-0.25, -0.2) is 0 Å². The van der Waals surface area contributed by atoms with Gasteiger partial charge in [-0.05, 0) is 57.2 Å². The molecule has 0 heterocycles. The van der Waals surface area contributed by atoms with Crippen LogP contribution < -0.4 is 10.6 Å². The lowest BCUT2D eigenvalue weighted by Gasteiger charge is -2.21. The van der Waals surface area contributed by atoms with Gasteiger partial charge in [-0.3, -0.25) is 0 Å². The van der Waals surface area contributed by atoms with E-state index in [1.54, 1.807) is 0 Å². The molecule has 1 saturated carbocycles. The standard InChI is InChI=1S/C15H24N2/c1-3-17(4-2)14-7-5-6-13(12-14)8-9-15(16)10-11-15/h5-7,12H,3-4,8-11,16H2,1-2H3. The Balaban J connectivity index is 2.00. The van der Waals surface area contributed by atoms with E-state index in [0.29, 0.717) is 0 Å². The van der Waals surface area contributed by atoms with Crippen LogP contribution >= 0.6 is 0 Å². The number of aryl methyl sites for hydroxylation is 1. The van der Waals surface area contributed by atoms with Crippen molar-refractivity contribution in [2.24, 2.45) is 5.73 Å². The number of benzene rings is 1. The fraction of sp³-hybridized carbons (Fsp3) is 0.600. The summed E-state index contributed by atoms with van der Waals surface area (Å²) in [4.78, 5) is 2.39. The topological polar surface area (TPSA) is 29.3 Å². The molecular weight excluding hydrogens is 208 g/mol. The normalized spacial score (nSPS) is 16.9. The van der Waals surface area contributed by atoms with E-state index in [0.717, 1.165) is 25.9 Å². The molecule has 94 valence electrons. The summed E-state index contributed by atoms with van der Waals surface area (Å²) in [5.41, 5.74) is 9.07. The van der Waals surface area contributed by atoms with Gasteiger partial charge in [-0.1, -0.05) is 12.1 Å². The highest BCUT2D eigenvalue weighted by molar-refractivity contribution is 5.48. The fourth-order valence-corrected chi connectivity index (χ4v) is 2.30. The van der Waals surface area contributed by atoms with Crippen molar-refractivity contribution in [1.82, 2.24) is 0 Å². The highest BCUT2D eigenvalue weighted by Crippen LogP contribution is 2.36. The zero-order chi connectivity index (χ0) is 12.3. The first-order chi connectivity index (χ1) is 8.17. The van der Waals surface area contributed by atoms with Crippen LogP contribution in [0.25, 0.3) is 0 Å². The zero-order valence-electron chi connectivity index (χ0n) is 11.1. The Morgan fingerprint density at radius 1 is 1.24 bits per heavy atom. The van der Waals surface area contributed by atoms with E-state index in [1.165, 1.54) is 24.1 Å². The van der Waals surface area contributed by atoms with E-state index >= 15 is 0 Å². The van der Waals surface area contributed by atoms with Gasteiger partial charge >= 0.3 is 0 Å². The summed E-state index contributed by atoms with van der Waals surface area (Å²) in [6.45, 7) is 6.55. The van der Waals surface area contributed by atoms with Crippen LogP contribution in [0.5, 0.6) is 0 Å². The molecule has 0 saturated heterocycles. The van der Waals surface area contributed by atoms with Crippen molar-refractivity contribution in [3.63, 3.8) is 0 Å². The Hall–Kier alpha value is -1.02. The number of nitrogens with zero attached hydrogens (tertiary/aromatic N) is 1. The molecule has 0 spiro atoms. The molecule has 1 fully saturated rings. The van der Waals surface area contributed by atoms with Gasteiger partial charge < -0.3 is 10.6 Å².